The van der Waals surface area contributed by atoms with Gasteiger partial charge in [0.1, 0.15) is 5.41 Å². The van der Waals surface area contributed by atoms with Crippen LogP contribution >= 0.6 is 11.3 Å². The Hall–Kier alpha value is -0.830. The van der Waals surface area contributed by atoms with Crippen molar-refractivity contribution in [1.29, 1.82) is 0 Å². The zero-order chi connectivity index (χ0) is 10.6. The van der Waals surface area contributed by atoms with Crippen molar-refractivity contribution in [3.05, 3.63) is 21.9 Å². The summed E-state index contributed by atoms with van der Waals surface area (Å²) >= 11 is 1.57. The van der Waals surface area contributed by atoms with E-state index in [0.717, 1.165) is 16.9 Å². The Labute approximate surface area is 87.6 Å². The van der Waals surface area contributed by atoms with E-state index in [9.17, 15) is 9.90 Å². The van der Waals surface area contributed by atoms with E-state index in [1.807, 2.05) is 32.2 Å². The van der Waals surface area contributed by atoms with E-state index in [4.69, 9.17) is 0 Å². The minimum Gasteiger partial charge on any atom is -0.481 e. The van der Waals surface area contributed by atoms with Crippen LogP contribution in [0.5, 0.6) is 0 Å². The molecule has 2 rings (SSSR count). The third-order valence-corrected chi connectivity index (χ3v) is 4.53. The fourth-order valence-corrected chi connectivity index (χ4v) is 3.58. The van der Waals surface area contributed by atoms with Crippen LogP contribution in [0.1, 0.15) is 30.7 Å². The Morgan fingerprint density at radius 3 is 2.43 bits per heavy atom. The van der Waals surface area contributed by atoms with Gasteiger partial charge < -0.3 is 5.11 Å². The first-order chi connectivity index (χ1) is 6.42. The molecule has 0 saturated heterocycles. The first kappa shape index (κ1) is 9.71. The summed E-state index contributed by atoms with van der Waals surface area (Å²) in [6.07, 6.45) is 0.761. The molecule has 0 bridgehead atoms. The number of aryl methyl sites for hydroxylation is 1. The van der Waals surface area contributed by atoms with E-state index in [2.05, 4.69) is 0 Å². The zero-order valence-corrected chi connectivity index (χ0v) is 9.44. The number of rotatable bonds is 2. The van der Waals surface area contributed by atoms with Gasteiger partial charge in [-0.05, 0) is 35.8 Å². The molecular weight excluding hydrogens is 196 g/mol. The number of carboxylic acid groups (broad SMARTS) is 1. The topological polar surface area (TPSA) is 37.3 Å². The SMILES string of the molecule is Cc1ccsc1C1(C(=O)O)CC1(C)C. The summed E-state index contributed by atoms with van der Waals surface area (Å²) in [5.41, 5.74) is 0.419. The van der Waals surface area contributed by atoms with Gasteiger partial charge >= 0.3 is 5.97 Å². The van der Waals surface area contributed by atoms with Crippen LogP contribution < -0.4 is 0 Å². The standard InChI is InChI=1S/C11H14O2S/c1-7-4-5-14-8(7)11(9(12)13)6-10(11,2)3/h4-5H,6H2,1-3H3,(H,12,13). The molecule has 76 valence electrons. The lowest BCUT2D eigenvalue weighted by Crippen LogP contribution is -2.25. The van der Waals surface area contributed by atoms with Gasteiger partial charge in [0, 0.05) is 4.88 Å². The average Bonchev–Trinajstić information content (AvgIpc) is 2.44. The Balaban J connectivity index is 2.52. The summed E-state index contributed by atoms with van der Waals surface area (Å²) in [4.78, 5) is 12.4. The highest BCUT2D eigenvalue weighted by atomic mass is 32.1. The van der Waals surface area contributed by atoms with Crippen LogP contribution in [0.15, 0.2) is 11.4 Å². The fraction of sp³-hybridized carbons (Fsp3) is 0.545. The molecule has 14 heavy (non-hydrogen) atoms. The van der Waals surface area contributed by atoms with Crippen molar-refractivity contribution in [2.75, 3.05) is 0 Å². The molecule has 0 radical (unpaired) electrons. The molecule has 0 aromatic carbocycles. The average molecular weight is 210 g/mol. The van der Waals surface area contributed by atoms with Crippen LogP contribution in [-0.2, 0) is 10.2 Å². The summed E-state index contributed by atoms with van der Waals surface area (Å²) in [6, 6.07) is 2.00. The molecule has 1 unspecified atom stereocenters. The van der Waals surface area contributed by atoms with E-state index >= 15 is 0 Å². The highest BCUT2D eigenvalue weighted by molar-refractivity contribution is 7.10. The van der Waals surface area contributed by atoms with E-state index in [1.165, 1.54) is 0 Å². The van der Waals surface area contributed by atoms with Crippen LogP contribution in [0.4, 0.5) is 0 Å². The molecule has 1 atom stereocenters. The van der Waals surface area contributed by atoms with Gasteiger partial charge in [0.25, 0.3) is 0 Å². The molecule has 0 amide bonds. The van der Waals surface area contributed by atoms with Gasteiger partial charge in [-0.3, -0.25) is 4.79 Å². The van der Waals surface area contributed by atoms with Gasteiger partial charge in [-0.15, -0.1) is 11.3 Å². The van der Waals surface area contributed by atoms with E-state index in [0.29, 0.717) is 0 Å². The molecule has 3 heteroatoms. The highest BCUT2D eigenvalue weighted by Gasteiger charge is 2.68. The molecule has 1 saturated carbocycles. The molecule has 0 spiro atoms. The highest BCUT2D eigenvalue weighted by Crippen LogP contribution is 2.65. The van der Waals surface area contributed by atoms with Crippen LogP contribution in [0.25, 0.3) is 0 Å². The Morgan fingerprint density at radius 1 is 1.57 bits per heavy atom. The maximum Gasteiger partial charge on any atom is 0.315 e. The number of carbonyl (C=O) groups is 1. The molecule has 1 aliphatic rings. The lowest BCUT2D eigenvalue weighted by atomic mass is 9.92. The van der Waals surface area contributed by atoms with Crippen molar-refractivity contribution in [2.45, 2.75) is 32.6 Å². The summed E-state index contributed by atoms with van der Waals surface area (Å²) in [6.45, 7) is 6.05. The van der Waals surface area contributed by atoms with Gasteiger partial charge in [0.2, 0.25) is 0 Å². The van der Waals surface area contributed by atoms with Crippen LogP contribution in [-0.4, -0.2) is 11.1 Å². The van der Waals surface area contributed by atoms with Crippen LogP contribution in [0.2, 0.25) is 0 Å². The molecule has 1 aliphatic carbocycles. The Kier molecular flexibility index (Phi) is 1.80. The minimum absolute atomic E-state index is 0.0888. The number of carboxylic acids is 1. The minimum atomic E-state index is -0.673. The number of hydrogen-bond acceptors (Lipinski definition) is 2. The van der Waals surface area contributed by atoms with E-state index in [-0.39, 0.29) is 5.41 Å². The molecule has 0 aliphatic heterocycles. The van der Waals surface area contributed by atoms with Gasteiger partial charge in [-0.25, -0.2) is 0 Å². The summed E-state index contributed by atoms with van der Waals surface area (Å²) in [7, 11) is 0. The molecule has 1 fully saturated rings. The molecular formula is C11H14O2S. The predicted molar refractivity (Wildman–Crippen MR) is 56.8 cm³/mol. The summed E-state index contributed by atoms with van der Waals surface area (Å²) in [5, 5.41) is 11.3. The number of thiophene rings is 1. The van der Waals surface area contributed by atoms with Crippen molar-refractivity contribution in [2.24, 2.45) is 5.41 Å². The second-order valence-electron chi connectivity index (χ2n) is 4.70. The van der Waals surface area contributed by atoms with Crippen molar-refractivity contribution in [3.63, 3.8) is 0 Å². The third kappa shape index (κ3) is 0.989. The van der Waals surface area contributed by atoms with Gasteiger partial charge in [0.05, 0.1) is 0 Å². The summed E-state index contributed by atoms with van der Waals surface area (Å²) in [5.74, 6) is -0.673. The smallest absolute Gasteiger partial charge is 0.315 e. The van der Waals surface area contributed by atoms with Crippen molar-refractivity contribution >= 4 is 17.3 Å². The lowest BCUT2D eigenvalue weighted by Gasteiger charge is -2.14. The maximum atomic E-state index is 11.4. The van der Waals surface area contributed by atoms with Gasteiger partial charge in [-0.1, -0.05) is 13.8 Å². The lowest BCUT2D eigenvalue weighted by molar-refractivity contribution is -0.140. The molecule has 2 nitrogen and oxygen atoms in total. The van der Waals surface area contributed by atoms with Crippen molar-refractivity contribution in [3.8, 4) is 0 Å². The quantitative estimate of drug-likeness (QED) is 0.815. The summed E-state index contributed by atoms with van der Waals surface area (Å²) < 4.78 is 0. The van der Waals surface area contributed by atoms with E-state index in [1.54, 1.807) is 11.3 Å². The number of aliphatic carboxylic acids is 1. The van der Waals surface area contributed by atoms with Crippen molar-refractivity contribution < 1.29 is 9.90 Å². The molecule has 1 aromatic rings. The Bertz CT molecular complexity index is 392. The van der Waals surface area contributed by atoms with Crippen LogP contribution in [0, 0.1) is 12.3 Å². The predicted octanol–water partition coefficient (Wildman–Crippen LogP) is 2.81. The second kappa shape index (κ2) is 2.60. The van der Waals surface area contributed by atoms with Crippen LogP contribution in [0.3, 0.4) is 0 Å². The van der Waals surface area contributed by atoms with Crippen molar-refractivity contribution in [1.82, 2.24) is 0 Å². The van der Waals surface area contributed by atoms with E-state index < -0.39 is 11.4 Å². The monoisotopic (exact) mass is 210 g/mol. The molecule has 1 heterocycles. The molecule has 1 aromatic heterocycles. The van der Waals surface area contributed by atoms with Gasteiger partial charge in [0.15, 0.2) is 0 Å². The first-order valence-corrected chi connectivity index (χ1v) is 5.58. The normalized spacial score (nSPS) is 28.8. The second-order valence-corrected chi connectivity index (χ2v) is 5.62. The Morgan fingerprint density at radius 2 is 2.14 bits per heavy atom. The third-order valence-electron chi connectivity index (χ3n) is 3.35. The number of hydrogen-bond donors (Lipinski definition) is 1. The maximum absolute atomic E-state index is 11.4. The zero-order valence-electron chi connectivity index (χ0n) is 8.63. The fourth-order valence-electron chi connectivity index (χ4n) is 2.28. The van der Waals surface area contributed by atoms with Gasteiger partial charge in [-0.2, -0.15) is 0 Å². The molecule has 1 N–H and O–H groups in total. The largest absolute Gasteiger partial charge is 0.481 e. The first-order valence-electron chi connectivity index (χ1n) is 4.70.